The van der Waals surface area contributed by atoms with Gasteiger partial charge >= 0.3 is 0 Å². The van der Waals surface area contributed by atoms with Crippen molar-refractivity contribution in [2.75, 3.05) is 0 Å². The fraction of sp³-hybridized carbons (Fsp3) is 0.200. The SMILES string of the molecule is Cc1ccc(COc2cccc(Cl)c2CN)cc1. The van der Waals surface area contributed by atoms with Gasteiger partial charge in [-0.25, -0.2) is 0 Å². The predicted octanol–water partition coefficient (Wildman–Crippen LogP) is 3.69. The van der Waals surface area contributed by atoms with Crippen LogP contribution in [0.25, 0.3) is 0 Å². The molecule has 18 heavy (non-hydrogen) atoms. The molecular formula is C15H16ClNO. The van der Waals surface area contributed by atoms with E-state index in [2.05, 4.69) is 31.2 Å². The molecule has 0 spiro atoms. The van der Waals surface area contributed by atoms with E-state index in [1.54, 1.807) is 0 Å². The summed E-state index contributed by atoms with van der Waals surface area (Å²) in [7, 11) is 0. The molecule has 2 aromatic carbocycles. The number of rotatable bonds is 4. The molecule has 0 amide bonds. The van der Waals surface area contributed by atoms with Crippen LogP contribution in [-0.2, 0) is 13.2 Å². The van der Waals surface area contributed by atoms with Crippen molar-refractivity contribution in [3.05, 3.63) is 64.2 Å². The molecule has 2 N–H and O–H groups in total. The molecule has 2 aromatic rings. The molecule has 2 nitrogen and oxygen atoms in total. The average molecular weight is 262 g/mol. The van der Waals surface area contributed by atoms with E-state index in [0.29, 0.717) is 18.2 Å². The summed E-state index contributed by atoms with van der Waals surface area (Å²) < 4.78 is 5.77. The van der Waals surface area contributed by atoms with Crippen LogP contribution in [0, 0.1) is 6.92 Å². The molecule has 0 aliphatic heterocycles. The predicted molar refractivity (Wildman–Crippen MR) is 74.9 cm³/mol. The van der Waals surface area contributed by atoms with Crippen LogP contribution in [0.4, 0.5) is 0 Å². The number of halogens is 1. The Labute approximate surface area is 112 Å². The summed E-state index contributed by atoms with van der Waals surface area (Å²) in [5, 5.41) is 0.652. The Bertz CT molecular complexity index is 523. The second-order valence-corrected chi connectivity index (χ2v) is 4.60. The minimum atomic E-state index is 0.378. The van der Waals surface area contributed by atoms with Crippen LogP contribution < -0.4 is 10.5 Å². The van der Waals surface area contributed by atoms with Gasteiger partial charge in [0.15, 0.2) is 0 Å². The van der Waals surface area contributed by atoms with Crippen LogP contribution in [0.3, 0.4) is 0 Å². The molecular weight excluding hydrogens is 246 g/mol. The van der Waals surface area contributed by atoms with Gasteiger partial charge in [0.1, 0.15) is 12.4 Å². The van der Waals surface area contributed by atoms with Gasteiger partial charge in [0.2, 0.25) is 0 Å². The van der Waals surface area contributed by atoms with E-state index in [1.807, 2.05) is 18.2 Å². The molecule has 94 valence electrons. The van der Waals surface area contributed by atoms with Gasteiger partial charge in [-0.2, -0.15) is 0 Å². The number of hydrogen-bond donors (Lipinski definition) is 1. The summed E-state index contributed by atoms with van der Waals surface area (Å²) in [4.78, 5) is 0. The highest BCUT2D eigenvalue weighted by Gasteiger charge is 2.06. The van der Waals surface area contributed by atoms with Crippen molar-refractivity contribution in [1.29, 1.82) is 0 Å². The lowest BCUT2D eigenvalue weighted by Gasteiger charge is -2.11. The second-order valence-electron chi connectivity index (χ2n) is 4.19. The van der Waals surface area contributed by atoms with Crippen molar-refractivity contribution in [1.82, 2.24) is 0 Å². The van der Waals surface area contributed by atoms with Crippen molar-refractivity contribution < 1.29 is 4.74 Å². The van der Waals surface area contributed by atoms with Gasteiger partial charge in [-0.1, -0.05) is 47.5 Å². The number of nitrogens with two attached hydrogens (primary N) is 1. The van der Waals surface area contributed by atoms with Crippen molar-refractivity contribution in [3.63, 3.8) is 0 Å². The third kappa shape index (κ3) is 3.03. The Hall–Kier alpha value is -1.51. The Balaban J connectivity index is 2.10. The summed E-state index contributed by atoms with van der Waals surface area (Å²) in [6, 6.07) is 13.8. The second kappa shape index (κ2) is 5.89. The summed E-state index contributed by atoms with van der Waals surface area (Å²) in [5.74, 6) is 0.755. The molecule has 0 fully saturated rings. The van der Waals surface area contributed by atoms with Crippen molar-refractivity contribution >= 4 is 11.6 Å². The van der Waals surface area contributed by atoms with Crippen LogP contribution in [0.5, 0.6) is 5.75 Å². The topological polar surface area (TPSA) is 35.2 Å². The molecule has 0 aromatic heterocycles. The van der Waals surface area contributed by atoms with E-state index in [4.69, 9.17) is 22.1 Å². The first-order valence-corrected chi connectivity index (χ1v) is 6.24. The Kier molecular flexibility index (Phi) is 4.24. The summed E-state index contributed by atoms with van der Waals surface area (Å²) in [5.41, 5.74) is 8.90. The van der Waals surface area contributed by atoms with Crippen LogP contribution in [-0.4, -0.2) is 0 Å². The quantitative estimate of drug-likeness (QED) is 0.911. The van der Waals surface area contributed by atoms with Crippen LogP contribution in [0.1, 0.15) is 16.7 Å². The zero-order valence-corrected chi connectivity index (χ0v) is 11.1. The van der Waals surface area contributed by atoms with E-state index in [1.165, 1.54) is 5.56 Å². The number of aryl methyl sites for hydroxylation is 1. The van der Waals surface area contributed by atoms with Crippen molar-refractivity contribution in [3.8, 4) is 5.75 Å². The molecule has 3 heteroatoms. The number of benzene rings is 2. The highest BCUT2D eigenvalue weighted by molar-refractivity contribution is 6.31. The van der Waals surface area contributed by atoms with Gasteiger partial charge < -0.3 is 10.5 Å². The van der Waals surface area contributed by atoms with E-state index < -0.39 is 0 Å². The zero-order valence-electron chi connectivity index (χ0n) is 10.3. The third-order valence-corrected chi connectivity index (χ3v) is 3.15. The van der Waals surface area contributed by atoms with E-state index in [0.717, 1.165) is 16.9 Å². The lowest BCUT2D eigenvalue weighted by Crippen LogP contribution is -2.03. The van der Waals surface area contributed by atoms with Gasteiger partial charge in [0.05, 0.1) is 0 Å². The summed E-state index contributed by atoms with van der Waals surface area (Å²) >= 11 is 6.07. The molecule has 0 aliphatic carbocycles. The van der Waals surface area contributed by atoms with E-state index in [9.17, 15) is 0 Å². The zero-order chi connectivity index (χ0) is 13.0. The number of hydrogen-bond acceptors (Lipinski definition) is 2. The monoisotopic (exact) mass is 261 g/mol. The highest BCUT2D eigenvalue weighted by Crippen LogP contribution is 2.26. The Morgan fingerprint density at radius 3 is 2.50 bits per heavy atom. The minimum Gasteiger partial charge on any atom is -0.489 e. The lowest BCUT2D eigenvalue weighted by atomic mass is 10.1. The first-order chi connectivity index (χ1) is 8.70. The fourth-order valence-corrected chi connectivity index (χ4v) is 1.96. The van der Waals surface area contributed by atoms with E-state index >= 15 is 0 Å². The van der Waals surface area contributed by atoms with Gasteiger partial charge in [0.25, 0.3) is 0 Å². The summed E-state index contributed by atoms with van der Waals surface area (Å²) in [6.45, 7) is 2.96. The van der Waals surface area contributed by atoms with Crippen molar-refractivity contribution in [2.45, 2.75) is 20.1 Å². The summed E-state index contributed by atoms with van der Waals surface area (Å²) in [6.07, 6.45) is 0. The molecule has 0 radical (unpaired) electrons. The third-order valence-electron chi connectivity index (χ3n) is 2.79. The fourth-order valence-electron chi connectivity index (χ4n) is 1.72. The molecule has 0 atom stereocenters. The van der Waals surface area contributed by atoms with Gasteiger partial charge in [0, 0.05) is 17.1 Å². The lowest BCUT2D eigenvalue weighted by molar-refractivity contribution is 0.303. The molecule has 0 saturated carbocycles. The van der Waals surface area contributed by atoms with Crippen molar-refractivity contribution in [2.24, 2.45) is 5.73 Å². The standard InChI is InChI=1S/C15H16ClNO/c1-11-5-7-12(8-6-11)10-18-15-4-2-3-14(16)13(15)9-17/h2-8H,9-10,17H2,1H3. The maximum Gasteiger partial charge on any atom is 0.125 e. The van der Waals surface area contributed by atoms with Crippen LogP contribution in [0.2, 0.25) is 5.02 Å². The maximum absolute atomic E-state index is 6.07. The molecule has 0 saturated heterocycles. The van der Waals surface area contributed by atoms with Gasteiger partial charge in [-0.15, -0.1) is 0 Å². The van der Waals surface area contributed by atoms with Crippen LogP contribution in [0.15, 0.2) is 42.5 Å². The Morgan fingerprint density at radius 1 is 1.11 bits per heavy atom. The smallest absolute Gasteiger partial charge is 0.125 e. The van der Waals surface area contributed by atoms with E-state index in [-0.39, 0.29) is 0 Å². The average Bonchev–Trinajstić information content (AvgIpc) is 2.38. The molecule has 0 heterocycles. The number of ether oxygens (including phenoxy) is 1. The first-order valence-electron chi connectivity index (χ1n) is 5.86. The highest BCUT2D eigenvalue weighted by atomic mass is 35.5. The van der Waals surface area contributed by atoms with Crippen LogP contribution >= 0.6 is 11.6 Å². The molecule has 0 bridgehead atoms. The largest absolute Gasteiger partial charge is 0.489 e. The molecule has 2 rings (SSSR count). The molecule has 0 unspecified atom stereocenters. The molecule has 0 aliphatic rings. The minimum absolute atomic E-state index is 0.378. The van der Waals surface area contributed by atoms with Gasteiger partial charge in [-0.05, 0) is 24.6 Å². The Morgan fingerprint density at radius 2 is 1.83 bits per heavy atom. The van der Waals surface area contributed by atoms with Gasteiger partial charge in [-0.3, -0.25) is 0 Å². The first kappa shape index (κ1) is 12.9. The normalized spacial score (nSPS) is 10.4. The maximum atomic E-state index is 6.07.